The van der Waals surface area contributed by atoms with Crippen LogP contribution in [0.4, 0.5) is 0 Å². The molecule has 0 aliphatic rings. The number of primary amides is 1. The van der Waals surface area contributed by atoms with Crippen LogP contribution in [0.3, 0.4) is 0 Å². The molecule has 0 bridgehead atoms. The van der Waals surface area contributed by atoms with Gasteiger partial charge in [-0.15, -0.1) is 0 Å². The summed E-state index contributed by atoms with van der Waals surface area (Å²) in [6.07, 6.45) is 1.74. The van der Waals surface area contributed by atoms with Crippen molar-refractivity contribution in [3.63, 3.8) is 0 Å². The summed E-state index contributed by atoms with van der Waals surface area (Å²) in [6.45, 7) is 3.73. The third-order valence-electron chi connectivity index (χ3n) is 3.30. The minimum absolute atomic E-state index is 0.377. The standard InChI is InChI=1S/C15H14N4O/c1-9-8-17-15-12(14(16)20)10(2)18-19(15)13(9)11-6-4-3-5-7-11/h3-8H,1-2H3,(H2,16,20). The molecular formula is C15H14N4O. The van der Waals surface area contributed by atoms with Gasteiger partial charge in [0, 0.05) is 11.8 Å². The van der Waals surface area contributed by atoms with Crippen molar-refractivity contribution in [3.05, 3.63) is 53.3 Å². The van der Waals surface area contributed by atoms with E-state index >= 15 is 0 Å². The highest BCUT2D eigenvalue weighted by Gasteiger charge is 2.19. The van der Waals surface area contributed by atoms with Crippen LogP contribution in [0.15, 0.2) is 36.5 Å². The first kappa shape index (κ1) is 12.3. The van der Waals surface area contributed by atoms with Gasteiger partial charge in [-0.3, -0.25) is 4.79 Å². The zero-order valence-electron chi connectivity index (χ0n) is 11.3. The number of rotatable bonds is 2. The SMILES string of the molecule is Cc1cnc2c(C(N)=O)c(C)nn2c1-c1ccccc1. The van der Waals surface area contributed by atoms with Gasteiger partial charge in [-0.25, -0.2) is 9.50 Å². The molecule has 1 amide bonds. The van der Waals surface area contributed by atoms with Crippen molar-refractivity contribution in [1.29, 1.82) is 0 Å². The van der Waals surface area contributed by atoms with E-state index in [1.807, 2.05) is 37.3 Å². The van der Waals surface area contributed by atoms with E-state index in [1.165, 1.54) is 0 Å². The first-order valence-electron chi connectivity index (χ1n) is 6.29. The molecule has 0 radical (unpaired) electrons. The summed E-state index contributed by atoms with van der Waals surface area (Å²) in [6, 6.07) is 9.89. The van der Waals surface area contributed by atoms with Crippen LogP contribution in [0.1, 0.15) is 21.6 Å². The average molecular weight is 266 g/mol. The summed E-state index contributed by atoms with van der Waals surface area (Å²) >= 11 is 0. The normalized spacial score (nSPS) is 10.9. The highest BCUT2D eigenvalue weighted by atomic mass is 16.1. The third kappa shape index (κ3) is 1.75. The molecule has 0 atom stereocenters. The van der Waals surface area contributed by atoms with Gasteiger partial charge in [-0.05, 0) is 19.4 Å². The van der Waals surface area contributed by atoms with Crippen molar-refractivity contribution >= 4 is 11.6 Å². The summed E-state index contributed by atoms with van der Waals surface area (Å²) < 4.78 is 1.69. The minimum Gasteiger partial charge on any atom is -0.365 e. The number of fused-ring (bicyclic) bond motifs is 1. The molecule has 0 unspecified atom stereocenters. The molecule has 0 fully saturated rings. The lowest BCUT2D eigenvalue weighted by molar-refractivity contribution is 0.100. The lowest BCUT2D eigenvalue weighted by Gasteiger charge is -2.08. The number of carbonyl (C=O) groups excluding carboxylic acids is 1. The van der Waals surface area contributed by atoms with Gasteiger partial charge in [0.2, 0.25) is 0 Å². The monoisotopic (exact) mass is 266 g/mol. The topological polar surface area (TPSA) is 73.3 Å². The molecule has 0 aliphatic carbocycles. The average Bonchev–Trinajstić information content (AvgIpc) is 2.75. The zero-order chi connectivity index (χ0) is 14.3. The number of carbonyl (C=O) groups is 1. The highest BCUT2D eigenvalue weighted by Crippen LogP contribution is 2.25. The van der Waals surface area contributed by atoms with Crippen molar-refractivity contribution in [2.45, 2.75) is 13.8 Å². The van der Waals surface area contributed by atoms with Gasteiger partial charge in [0.25, 0.3) is 5.91 Å². The van der Waals surface area contributed by atoms with Crippen LogP contribution in [0.25, 0.3) is 16.9 Å². The van der Waals surface area contributed by atoms with Gasteiger partial charge in [0.15, 0.2) is 5.65 Å². The van der Waals surface area contributed by atoms with Crippen molar-refractivity contribution in [2.75, 3.05) is 0 Å². The maximum absolute atomic E-state index is 11.6. The summed E-state index contributed by atoms with van der Waals surface area (Å²) in [7, 11) is 0. The second kappa shape index (κ2) is 4.45. The Bertz CT molecular complexity index is 806. The fraction of sp³-hybridized carbons (Fsp3) is 0.133. The molecule has 3 aromatic rings. The quantitative estimate of drug-likeness (QED) is 0.772. The van der Waals surface area contributed by atoms with Crippen molar-refractivity contribution in [2.24, 2.45) is 5.73 Å². The predicted molar refractivity (Wildman–Crippen MR) is 76.4 cm³/mol. The molecule has 1 aromatic carbocycles. The second-order valence-electron chi connectivity index (χ2n) is 4.72. The van der Waals surface area contributed by atoms with Gasteiger partial charge in [-0.1, -0.05) is 30.3 Å². The molecule has 0 saturated heterocycles. The number of aryl methyl sites for hydroxylation is 2. The molecular weight excluding hydrogens is 252 g/mol. The maximum atomic E-state index is 11.6. The number of nitrogens with two attached hydrogens (primary N) is 1. The lowest BCUT2D eigenvalue weighted by atomic mass is 10.1. The van der Waals surface area contributed by atoms with E-state index in [-0.39, 0.29) is 0 Å². The van der Waals surface area contributed by atoms with Gasteiger partial charge in [0.05, 0.1) is 11.4 Å². The van der Waals surface area contributed by atoms with Crippen LogP contribution < -0.4 is 5.73 Å². The Hall–Kier alpha value is -2.69. The first-order chi connectivity index (χ1) is 9.59. The van der Waals surface area contributed by atoms with Gasteiger partial charge in [0.1, 0.15) is 5.56 Å². The molecule has 20 heavy (non-hydrogen) atoms. The lowest BCUT2D eigenvalue weighted by Crippen LogP contribution is -2.12. The summed E-state index contributed by atoms with van der Waals surface area (Å²) in [5.41, 5.74) is 9.82. The number of aromatic nitrogens is 3. The molecule has 100 valence electrons. The molecule has 2 heterocycles. The number of benzene rings is 1. The Labute approximate surface area is 116 Å². The largest absolute Gasteiger partial charge is 0.365 e. The molecule has 2 N–H and O–H groups in total. The van der Waals surface area contributed by atoms with Gasteiger partial charge in [-0.2, -0.15) is 5.10 Å². The predicted octanol–water partition coefficient (Wildman–Crippen LogP) is 2.11. The van der Waals surface area contributed by atoms with Crippen LogP contribution >= 0.6 is 0 Å². The number of amides is 1. The van der Waals surface area contributed by atoms with Gasteiger partial charge >= 0.3 is 0 Å². The molecule has 0 spiro atoms. The Balaban J connectivity index is 2.41. The molecule has 0 saturated carbocycles. The van der Waals surface area contributed by atoms with E-state index in [1.54, 1.807) is 17.6 Å². The minimum atomic E-state index is -0.507. The van der Waals surface area contributed by atoms with E-state index in [0.29, 0.717) is 16.9 Å². The highest BCUT2D eigenvalue weighted by molar-refractivity contribution is 6.00. The van der Waals surface area contributed by atoms with Crippen LogP contribution in [-0.4, -0.2) is 20.5 Å². The number of nitrogens with zero attached hydrogens (tertiary/aromatic N) is 3. The van der Waals surface area contributed by atoms with Crippen LogP contribution in [-0.2, 0) is 0 Å². The van der Waals surface area contributed by atoms with Crippen LogP contribution in [0, 0.1) is 13.8 Å². The second-order valence-corrected chi connectivity index (χ2v) is 4.72. The van der Waals surface area contributed by atoms with Crippen molar-refractivity contribution in [1.82, 2.24) is 14.6 Å². The number of hydrogen-bond donors (Lipinski definition) is 1. The molecule has 5 heteroatoms. The van der Waals surface area contributed by atoms with Gasteiger partial charge < -0.3 is 5.73 Å². The Morgan fingerprint density at radius 2 is 1.90 bits per heavy atom. The fourth-order valence-electron chi connectivity index (χ4n) is 2.41. The van der Waals surface area contributed by atoms with Crippen LogP contribution in [0.2, 0.25) is 0 Å². The Kier molecular flexibility index (Phi) is 2.75. The Morgan fingerprint density at radius 1 is 1.20 bits per heavy atom. The van der Waals surface area contributed by atoms with Crippen molar-refractivity contribution in [3.8, 4) is 11.3 Å². The van der Waals surface area contributed by atoms with Crippen LogP contribution in [0.5, 0.6) is 0 Å². The summed E-state index contributed by atoms with van der Waals surface area (Å²) in [5, 5.41) is 4.42. The summed E-state index contributed by atoms with van der Waals surface area (Å²) in [5.74, 6) is -0.507. The van der Waals surface area contributed by atoms with E-state index in [2.05, 4.69) is 10.1 Å². The van der Waals surface area contributed by atoms with E-state index in [9.17, 15) is 4.79 Å². The smallest absolute Gasteiger partial charge is 0.254 e. The van der Waals surface area contributed by atoms with Crippen molar-refractivity contribution < 1.29 is 4.79 Å². The molecule has 0 aliphatic heterocycles. The molecule has 2 aromatic heterocycles. The summed E-state index contributed by atoms with van der Waals surface area (Å²) in [4.78, 5) is 15.9. The third-order valence-corrected chi connectivity index (χ3v) is 3.30. The Morgan fingerprint density at radius 3 is 2.55 bits per heavy atom. The number of hydrogen-bond acceptors (Lipinski definition) is 3. The maximum Gasteiger partial charge on any atom is 0.254 e. The van der Waals surface area contributed by atoms with E-state index < -0.39 is 5.91 Å². The van der Waals surface area contributed by atoms with E-state index in [4.69, 9.17) is 5.73 Å². The fourth-order valence-corrected chi connectivity index (χ4v) is 2.41. The molecule has 3 rings (SSSR count). The van der Waals surface area contributed by atoms with E-state index in [0.717, 1.165) is 16.8 Å². The molecule has 5 nitrogen and oxygen atoms in total. The first-order valence-corrected chi connectivity index (χ1v) is 6.29. The zero-order valence-corrected chi connectivity index (χ0v) is 11.3.